The number of thiocarbonyl (C=S) groups is 2. The predicted octanol–water partition coefficient (Wildman–Crippen LogP) is 2.75. The van der Waals surface area contributed by atoms with E-state index in [4.69, 9.17) is 29.2 Å². The van der Waals surface area contributed by atoms with Crippen LogP contribution in [0.2, 0.25) is 0 Å². The molecule has 0 unspecified atom stereocenters. The molecule has 1 aromatic carbocycles. The van der Waals surface area contributed by atoms with E-state index in [0.29, 0.717) is 17.1 Å². The van der Waals surface area contributed by atoms with Crippen LogP contribution in [0.4, 0.5) is 31.4 Å². The molecule has 0 saturated carbocycles. The first-order valence-corrected chi connectivity index (χ1v) is 8.89. The highest BCUT2D eigenvalue weighted by atomic mass is 32.1. The smallest absolute Gasteiger partial charge is 0.413 e. The minimum Gasteiger partial charge on any atom is -0.453 e. The molecule has 3 amide bonds. The Morgan fingerprint density at radius 1 is 0.828 bits per heavy atom. The number of anilines is 3. The van der Waals surface area contributed by atoms with Crippen LogP contribution in [0.5, 0.6) is 0 Å². The lowest BCUT2D eigenvalue weighted by atomic mass is 10.2. The first-order valence-electron chi connectivity index (χ1n) is 8.08. The minimum absolute atomic E-state index is 0.0494. The number of amides is 3. The van der Waals surface area contributed by atoms with Gasteiger partial charge in [-0.3, -0.25) is 16.0 Å². The number of alkyl carbamates (subject to hydrolysis) is 2. The molecule has 29 heavy (non-hydrogen) atoms. The van der Waals surface area contributed by atoms with Crippen molar-refractivity contribution in [3.8, 4) is 0 Å². The van der Waals surface area contributed by atoms with E-state index >= 15 is 0 Å². The molecule has 0 aromatic heterocycles. The van der Waals surface area contributed by atoms with Gasteiger partial charge in [-0.2, -0.15) is 0 Å². The van der Waals surface area contributed by atoms with Crippen LogP contribution in [-0.4, -0.2) is 48.8 Å². The summed E-state index contributed by atoms with van der Waals surface area (Å²) in [5.41, 5.74) is 1.07. The quantitative estimate of drug-likeness (QED) is 0.349. The summed E-state index contributed by atoms with van der Waals surface area (Å²) in [7, 11) is 2.38. The second-order valence-corrected chi connectivity index (χ2v) is 6.30. The summed E-state index contributed by atoms with van der Waals surface area (Å²) in [6, 6.07) is 4.63. The third kappa shape index (κ3) is 9.03. The summed E-state index contributed by atoms with van der Waals surface area (Å²) >= 11 is 10.1. The maximum Gasteiger partial charge on any atom is 0.413 e. The van der Waals surface area contributed by atoms with Crippen molar-refractivity contribution in [3.63, 3.8) is 0 Å². The molecule has 0 saturated heterocycles. The van der Waals surface area contributed by atoms with E-state index in [0.717, 1.165) is 0 Å². The minimum atomic E-state index is -0.769. The Labute approximate surface area is 177 Å². The first-order chi connectivity index (χ1) is 13.6. The van der Waals surface area contributed by atoms with Gasteiger partial charge in [-0.15, -0.1) is 0 Å². The SMILES string of the molecule is COC(=O)NC(=S)Nc1ccc(NC(=O)OC(C)C)cc1NC(=S)NC(=O)OC. The molecule has 0 radical (unpaired) electrons. The van der Waals surface area contributed by atoms with Gasteiger partial charge in [-0.05, 0) is 56.5 Å². The molecule has 0 fully saturated rings. The van der Waals surface area contributed by atoms with E-state index in [9.17, 15) is 14.4 Å². The van der Waals surface area contributed by atoms with Gasteiger partial charge in [0.1, 0.15) is 0 Å². The van der Waals surface area contributed by atoms with E-state index in [1.807, 2.05) is 0 Å². The summed E-state index contributed by atoms with van der Waals surface area (Å²) in [5.74, 6) is 0. The molecular weight excluding hydrogens is 422 g/mol. The van der Waals surface area contributed by atoms with Gasteiger partial charge in [0.15, 0.2) is 10.2 Å². The van der Waals surface area contributed by atoms with Crippen LogP contribution >= 0.6 is 24.4 Å². The largest absolute Gasteiger partial charge is 0.453 e. The van der Waals surface area contributed by atoms with Gasteiger partial charge in [-0.25, -0.2) is 14.4 Å². The van der Waals surface area contributed by atoms with E-state index in [2.05, 4.69) is 36.1 Å². The van der Waals surface area contributed by atoms with Gasteiger partial charge in [0.2, 0.25) is 0 Å². The van der Waals surface area contributed by atoms with Crippen molar-refractivity contribution in [1.82, 2.24) is 10.6 Å². The molecular formula is C16H21N5O6S2. The molecule has 0 bridgehead atoms. The molecule has 5 N–H and O–H groups in total. The highest BCUT2D eigenvalue weighted by Crippen LogP contribution is 2.26. The van der Waals surface area contributed by atoms with Gasteiger partial charge in [0.25, 0.3) is 0 Å². The fraction of sp³-hybridized carbons (Fsp3) is 0.312. The number of benzene rings is 1. The molecule has 158 valence electrons. The van der Waals surface area contributed by atoms with Crippen LogP contribution in [0.3, 0.4) is 0 Å². The van der Waals surface area contributed by atoms with E-state index in [1.54, 1.807) is 26.0 Å². The fourth-order valence-corrected chi connectivity index (χ4v) is 2.18. The number of rotatable bonds is 4. The van der Waals surface area contributed by atoms with Crippen molar-refractivity contribution in [2.24, 2.45) is 0 Å². The van der Waals surface area contributed by atoms with Gasteiger partial charge in [0.05, 0.1) is 31.7 Å². The molecule has 0 aliphatic rings. The van der Waals surface area contributed by atoms with Crippen molar-refractivity contribution in [2.45, 2.75) is 20.0 Å². The standard InChI is InChI=1S/C16H21N5O6S2/c1-8(2)27-16(24)17-9-5-6-10(18-12(28)20-14(22)25-3)11(7-9)19-13(29)21-15(23)26-4/h5-8H,1-4H3,(H,17,24)(H2,18,20,22,28)(H2,19,21,23,29). The number of hydrogen-bond donors (Lipinski definition) is 5. The topological polar surface area (TPSA) is 139 Å². The van der Waals surface area contributed by atoms with E-state index in [1.165, 1.54) is 20.3 Å². The van der Waals surface area contributed by atoms with Crippen molar-refractivity contribution >= 4 is 70.0 Å². The number of hydrogen-bond acceptors (Lipinski definition) is 8. The molecule has 0 atom stereocenters. The molecule has 0 heterocycles. The van der Waals surface area contributed by atoms with Crippen LogP contribution in [0.15, 0.2) is 18.2 Å². The lowest BCUT2D eigenvalue weighted by Gasteiger charge is -2.17. The highest BCUT2D eigenvalue weighted by Gasteiger charge is 2.13. The van der Waals surface area contributed by atoms with Gasteiger partial charge in [-0.1, -0.05) is 0 Å². The molecule has 13 heteroatoms. The third-order valence-electron chi connectivity index (χ3n) is 2.91. The van der Waals surface area contributed by atoms with Gasteiger partial charge >= 0.3 is 18.3 Å². The Morgan fingerprint density at radius 2 is 1.34 bits per heavy atom. The molecule has 1 rings (SSSR count). The molecule has 1 aromatic rings. The van der Waals surface area contributed by atoms with Crippen LogP contribution in [0, 0.1) is 0 Å². The zero-order chi connectivity index (χ0) is 22.0. The lowest BCUT2D eigenvalue weighted by Crippen LogP contribution is -2.35. The molecule has 11 nitrogen and oxygen atoms in total. The number of methoxy groups -OCH3 is 2. The zero-order valence-electron chi connectivity index (χ0n) is 16.1. The Balaban J connectivity index is 3.04. The maximum atomic E-state index is 11.8. The second-order valence-electron chi connectivity index (χ2n) is 5.48. The van der Waals surface area contributed by atoms with Crippen LogP contribution in [-0.2, 0) is 14.2 Å². The molecule has 0 spiro atoms. The summed E-state index contributed by atoms with van der Waals surface area (Å²) in [5, 5.41) is 12.5. The van der Waals surface area contributed by atoms with E-state index < -0.39 is 18.3 Å². The lowest BCUT2D eigenvalue weighted by molar-refractivity contribution is 0.130. The van der Waals surface area contributed by atoms with Crippen LogP contribution in [0.1, 0.15) is 13.8 Å². The zero-order valence-corrected chi connectivity index (χ0v) is 17.7. The van der Waals surface area contributed by atoms with Crippen LogP contribution < -0.4 is 26.6 Å². The van der Waals surface area contributed by atoms with Crippen molar-refractivity contribution in [2.75, 3.05) is 30.2 Å². The van der Waals surface area contributed by atoms with Crippen LogP contribution in [0.25, 0.3) is 0 Å². The Bertz CT molecular complexity index is 802. The summed E-state index contributed by atoms with van der Waals surface area (Å²) in [6.07, 6.45) is -2.47. The number of nitrogens with one attached hydrogen (secondary N) is 5. The second kappa shape index (κ2) is 11.6. The Kier molecular flexibility index (Phi) is 9.55. The summed E-state index contributed by atoms with van der Waals surface area (Å²) < 4.78 is 14.0. The predicted molar refractivity (Wildman–Crippen MR) is 115 cm³/mol. The number of ether oxygens (including phenoxy) is 3. The van der Waals surface area contributed by atoms with Crippen molar-refractivity contribution < 1.29 is 28.6 Å². The first kappa shape index (κ1) is 23.8. The van der Waals surface area contributed by atoms with Gasteiger partial charge < -0.3 is 24.8 Å². The summed E-state index contributed by atoms with van der Waals surface area (Å²) in [6.45, 7) is 3.43. The Morgan fingerprint density at radius 3 is 1.83 bits per heavy atom. The third-order valence-corrected chi connectivity index (χ3v) is 3.32. The fourth-order valence-electron chi connectivity index (χ4n) is 1.79. The van der Waals surface area contributed by atoms with Gasteiger partial charge in [0, 0.05) is 5.69 Å². The van der Waals surface area contributed by atoms with Crippen molar-refractivity contribution in [1.29, 1.82) is 0 Å². The van der Waals surface area contributed by atoms with Crippen molar-refractivity contribution in [3.05, 3.63) is 18.2 Å². The van der Waals surface area contributed by atoms with E-state index in [-0.39, 0.29) is 16.3 Å². The number of carbonyl (C=O) groups excluding carboxylic acids is 3. The monoisotopic (exact) mass is 443 g/mol. The normalized spacial score (nSPS) is 9.69. The molecule has 0 aliphatic heterocycles. The molecule has 0 aliphatic carbocycles. The summed E-state index contributed by atoms with van der Waals surface area (Å²) in [4.78, 5) is 34.4. The Hall–Kier alpha value is -3.19. The average molecular weight is 444 g/mol. The number of carbonyl (C=O) groups is 3. The maximum absolute atomic E-state index is 11.8. The average Bonchev–Trinajstić information content (AvgIpc) is 2.62. The highest BCUT2D eigenvalue weighted by molar-refractivity contribution is 7.80.